The van der Waals surface area contributed by atoms with E-state index in [2.05, 4.69) is 26.2 Å². The van der Waals surface area contributed by atoms with Crippen molar-refractivity contribution >= 4 is 21.9 Å². The van der Waals surface area contributed by atoms with Crippen molar-refractivity contribution in [3.05, 3.63) is 28.5 Å². The Morgan fingerprint density at radius 3 is 3.26 bits per heavy atom. The molecule has 1 aliphatic heterocycles. The zero-order valence-electron chi connectivity index (χ0n) is 10.3. The topological polar surface area (TPSA) is 80.7 Å². The molecule has 0 amide bonds. The second-order valence-electron chi connectivity index (χ2n) is 4.25. The Morgan fingerprint density at radius 2 is 2.53 bits per heavy atom. The van der Waals surface area contributed by atoms with Gasteiger partial charge in [0.15, 0.2) is 0 Å². The molecule has 1 unspecified atom stereocenters. The van der Waals surface area contributed by atoms with E-state index in [9.17, 15) is 4.79 Å². The van der Waals surface area contributed by atoms with Gasteiger partial charge in [-0.1, -0.05) is 6.07 Å². The van der Waals surface area contributed by atoms with Crippen molar-refractivity contribution < 1.29 is 19.4 Å². The number of carbonyl (C=O) groups is 1. The fraction of sp³-hybridized carbons (Fsp3) is 0.500. The number of aromatic nitrogens is 1. The van der Waals surface area contributed by atoms with Crippen molar-refractivity contribution in [1.82, 2.24) is 10.3 Å². The van der Waals surface area contributed by atoms with Crippen LogP contribution < -0.4 is 5.32 Å². The summed E-state index contributed by atoms with van der Waals surface area (Å²) in [7, 11) is 0. The number of pyridine rings is 1. The molecular formula is C12H15BrN2O4. The van der Waals surface area contributed by atoms with E-state index in [0.717, 1.165) is 5.56 Å². The lowest BCUT2D eigenvalue weighted by molar-refractivity contribution is -0.154. The maximum atomic E-state index is 10.8. The summed E-state index contributed by atoms with van der Waals surface area (Å²) >= 11 is 3.38. The number of rotatable bonds is 4. The van der Waals surface area contributed by atoms with Gasteiger partial charge in [-0.3, -0.25) is 0 Å². The average molecular weight is 331 g/mol. The summed E-state index contributed by atoms with van der Waals surface area (Å²) in [5.41, 5.74) is -0.0622. The number of hydrogen-bond acceptors (Lipinski definition) is 5. The van der Waals surface area contributed by atoms with Crippen molar-refractivity contribution in [2.45, 2.75) is 5.60 Å². The van der Waals surface area contributed by atoms with Gasteiger partial charge >= 0.3 is 5.97 Å². The second kappa shape index (κ2) is 6.42. The monoisotopic (exact) mass is 330 g/mol. The summed E-state index contributed by atoms with van der Waals surface area (Å²) in [4.78, 5) is 14.9. The maximum absolute atomic E-state index is 10.8. The van der Waals surface area contributed by atoms with Gasteiger partial charge in [0.1, 0.15) is 16.8 Å². The van der Waals surface area contributed by atoms with Crippen LogP contribution in [0.15, 0.2) is 22.9 Å². The van der Waals surface area contributed by atoms with Crippen LogP contribution in [0.25, 0.3) is 0 Å². The van der Waals surface area contributed by atoms with Crippen LogP contribution in [0.5, 0.6) is 0 Å². The molecule has 1 fully saturated rings. The minimum Gasteiger partial charge on any atom is -0.480 e. The van der Waals surface area contributed by atoms with Crippen molar-refractivity contribution in [1.29, 1.82) is 0 Å². The van der Waals surface area contributed by atoms with Crippen LogP contribution in [0.3, 0.4) is 0 Å². The van der Waals surface area contributed by atoms with E-state index in [1.165, 1.54) is 0 Å². The summed E-state index contributed by atoms with van der Waals surface area (Å²) in [6, 6.07) is 3.64. The normalized spacial score (nSPS) is 23.8. The van der Waals surface area contributed by atoms with E-state index in [4.69, 9.17) is 14.6 Å². The third-order valence-corrected chi connectivity index (χ3v) is 3.52. The quantitative estimate of drug-likeness (QED) is 0.793. The molecule has 0 aromatic carbocycles. The molecule has 0 spiro atoms. The van der Waals surface area contributed by atoms with Gasteiger partial charge in [-0.2, -0.15) is 0 Å². The van der Waals surface area contributed by atoms with E-state index in [-0.39, 0.29) is 13.2 Å². The molecule has 0 aliphatic carbocycles. The van der Waals surface area contributed by atoms with Crippen molar-refractivity contribution in [3.63, 3.8) is 0 Å². The zero-order chi connectivity index (χ0) is 13.7. The molecule has 104 valence electrons. The standard InChI is InChI=1S/C12H15BrN2O4/c13-11-9(2-1-3-15-11)12(19-6-10(16)17)7-14-4-5-18-8-12/h1-3,14H,4-8H2,(H,16,17). The molecule has 0 radical (unpaired) electrons. The first-order chi connectivity index (χ1) is 9.14. The van der Waals surface area contributed by atoms with Crippen LogP contribution in [0.2, 0.25) is 0 Å². The summed E-state index contributed by atoms with van der Waals surface area (Å²) in [5, 5.41) is 12.0. The molecule has 0 saturated carbocycles. The van der Waals surface area contributed by atoms with Gasteiger partial charge in [-0.25, -0.2) is 9.78 Å². The number of ether oxygens (including phenoxy) is 2. The Hall–Kier alpha value is -1.02. The van der Waals surface area contributed by atoms with Gasteiger partial charge in [-0.15, -0.1) is 0 Å². The number of halogens is 1. The van der Waals surface area contributed by atoms with Crippen LogP contribution in [0.4, 0.5) is 0 Å². The molecular weight excluding hydrogens is 316 g/mol. The van der Waals surface area contributed by atoms with Crippen LogP contribution in [-0.2, 0) is 19.9 Å². The largest absolute Gasteiger partial charge is 0.480 e. The fourth-order valence-electron chi connectivity index (χ4n) is 1.99. The molecule has 1 atom stereocenters. The smallest absolute Gasteiger partial charge is 0.329 e. The fourth-order valence-corrected chi connectivity index (χ4v) is 2.60. The first kappa shape index (κ1) is 14.4. The molecule has 1 aliphatic rings. The number of carboxylic acids is 1. The predicted octanol–water partition coefficient (Wildman–Crippen LogP) is 0.760. The Bertz CT molecular complexity index is 447. The van der Waals surface area contributed by atoms with Gasteiger partial charge in [0.05, 0.1) is 13.2 Å². The number of aliphatic carboxylic acids is 1. The number of carboxylic acid groups (broad SMARTS) is 1. The minimum absolute atomic E-state index is 0.289. The van der Waals surface area contributed by atoms with Gasteiger partial charge in [0, 0.05) is 24.8 Å². The van der Waals surface area contributed by atoms with Crippen LogP contribution >= 0.6 is 15.9 Å². The van der Waals surface area contributed by atoms with Gasteiger partial charge in [0.2, 0.25) is 0 Å². The number of nitrogens with zero attached hydrogens (tertiary/aromatic N) is 1. The lowest BCUT2D eigenvalue weighted by Gasteiger charge is -2.32. The van der Waals surface area contributed by atoms with Crippen molar-refractivity contribution in [2.75, 3.05) is 32.9 Å². The summed E-state index contributed by atoms with van der Waals surface area (Å²) in [5.74, 6) is -1.01. The van der Waals surface area contributed by atoms with E-state index >= 15 is 0 Å². The zero-order valence-corrected chi connectivity index (χ0v) is 11.9. The number of hydrogen-bond donors (Lipinski definition) is 2. The number of nitrogens with one attached hydrogen (secondary N) is 1. The molecule has 6 nitrogen and oxygen atoms in total. The maximum Gasteiger partial charge on any atom is 0.329 e. The molecule has 7 heteroatoms. The Balaban J connectivity index is 2.32. The summed E-state index contributed by atoms with van der Waals surface area (Å²) < 4.78 is 11.8. The Kier molecular flexibility index (Phi) is 4.87. The lowest BCUT2D eigenvalue weighted by atomic mass is 9.96. The third kappa shape index (κ3) is 3.50. The average Bonchev–Trinajstić information content (AvgIpc) is 2.63. The molecule has 1 aromatic heterocycles. The third-order valence-electron chi connectivity index (χ3n) is 2.89. The van der Waals surface area contributed by atoms with E-state index in [1.807, 2.05) is 6.07 Å². The van der Waals surface area contributed by atoms with Crippen LogP contribution in [-0.4, -0.2) is 49.0 Å². The molecule has 19 heavy (non-hydrogen) atoms. The highest BCUT2D eigenvalue weighted by Gasteiger charge is 2.37. The highest BCUT2D eigenvalue weighted by atomic mass is 79.9. The SMILES string of the molecule is O=C(O)COC1(c2cccnc2Br)CNCCOC1. The molecule has 0 bridgehead atoms. The highest BCUT2D eigenvalue weighted by molar-refractivity contribution is 9.10. The van der Waals surface area contributed by atoms with Gasteiger partial charge in [-0.05, 0) is 22.0 Å². The first-order valence-corrected chi connectivity index (χ1v) is 6.68. The molecule has 1 aromatic rings. The molecule has 2 rings (SSSR count). The second-order valence-corrected chi connectivity index (χ2v) is 5.00. The van der Waals surface area contributed by atoms with Gasteiger partial charge < -0.3 is 19.9 Å². The highest BCUT2D eigenvalue weighted by Crippen LogP contribution is 2.31. The van der Waals surface area contributed by atoms with Crippen molar-refractivity contribution in [3.8, 4) is 0 Å². The molecule has 1 saturated heterocycles. The lowest BCUT2D eigenvalue weighted by Crippen LogP contribution is -2.43. The van der Waals surface area contributed by atoms with Crippen LogP contribution in [0, 0.1) is 0 Å². The minimum atomic E-state index is -1.01. The van der Waals surface area contributed by atoms with E-state index in [0.29, 0.717) is 24.3 Å². The Labute approximate surface area is 119 Å². The van der Waals surface area contributed by atoms with Gasteiger partial charge in [0.25, 0.3) is 0 Å². The predicted molar refractivity (Wildman–Crippen MR) is 70.9 cm³/mol. The summed E-state index contributed by atoms with van der Waals surface area (Å²) in [6.07, 6.45) is 1.66. The van der Waals surface area contributed by atoms with E-state index in [1.54, 1.807) is 12.3 Å². The van der Waals surface area contributed by atoms with E-state index < -0.39 is 11.6 Å². The molecule has 2 N–H and O–H groups in total. The van der Waals surface area contributed by atoms with Crippen LogP contribution in [0.1, 0.15) is 5.56 Å². The molecule has 2 heterocycles. The summed E-state index contributed by atoms with van der Waals surface area (Å²) in [6.45, 7) is 1.65. The van der Waals surface area contributed by atoms with Crippen molar-refractivity contribution in [2.24, 2.45) is 0 Å². The Morgan fingerprint density at radius 1 is 1.68 bits per heavy atom. The first-order valence-electron chi connectivity index (χ1n) is 5.89.